The molecule has 0 aliphatic carbocycles. The van der Waals surface area contributed by atoms with E-state index in [9.17, 15) is 13.2 Å². The van der Waals surface area contributed by atoms with Crippen molar-refractivity contribution in [3.8, 4) is 22.8 Å². The number of nitrogens with zero attached hydrogens (tertiary/aromatic N) is 6. The maximum Gasteiger partial charge on any atom is 0.429 e. The molecule has 0 aliphatic heterocycles. The van der Waals surface area contributed by atoms with Gasteiger partial charge in [-0.3, -0.25) is 20.1 Å². The fourth-order valence-electron chi connectivity index (χ4n) is 3.27. The molecular formula is C25H19F3IrN6-2. The summed E-state index contributed by atoms with van der Waals surface area (Å²) < 4.78 is 36.4. The van der Waals surface area contributed by atoms with Gasteiger partial charge < -0.3 is 10.1 Å². The molecule has 0 atom stereocenters. The molecule has 0 N–H and O–H groups in total. The maximum atomic E-state index is 12.1. The summed E-state index contributed by atoms with van der Waals surface area (Å²) in [6.45, 7) is 5.99. The van der Waals surface area contributed by atoms with Gasteiger partial charge in [-0.1, -0.05) is 35.7 Å². The Kier molecular flexibility index (Phi) is 8.09. The van der Waals surface area contributed by atoms with Gasteiger partial charge >= 0.3 is 6.18 Å². The zero-order valence-electron chi connectivity index (χ0n) is 18.9. The van der Waals surface area contributed by atoms with Crippen LogP contribution in [0.4, 0.5) is 13.2 Å². The van der Waals surface area contributed by atoms with Crippen molar-refractivity contribution < 1.29 is 33.3 Å². The summed E-state index contributed by atoms with van der Waals surface area (Å²) in [6.07, 6.45) is -3.13. The Labute approximate surface area is 213 Å². The Morgan fingerprint density at radius 3 is 2.23 bits per heavy atom. The van der Waals surface area contributed by atoms with E-state index in [-0.39, 0.29) is 31.6 Å². The topological polar surface area (TPSA) is 78.5 Å². The first kappa shape index (κ1) is 26.1. The Bertz CT molecular complexity index is 1430. The van der Waals surface area contributed by atoms with Gasteiger partial charge in [0.15, 0.2) is 0 Å². The van der Waals surface area contributed by atoms with Gasteiger partial charge in [-0.15, -0.1) is 29.1 Å². The van der Waals surface area contributed by atoms with Crippen molar-refractivity contribution in [2.75, 3.05) is 0 Å². The SMILES string of the molecule is Cc1nc(C)c(-c2[c-]ccc3ccccc23)nc1C.FC(F)(F)c1n[n-]c(-c2ccccn2)n1.[Ir]. The molecule has 0 saturated carbocycles. The van der Waals surface area contributed by atoms with Gasteiger partial charge in [-0.25, -0.2) is 0 Å². The molecule has 35 heavy (non-hydrogen) atoms. The number of pyridine rings is 1. The average Bonchev–Trinajstić information content (AvgIpc) is 3.33. The van der Waals surface area contributed by atoms with Crippen molar-refractivity contribution in [2.45, 2.75) is 26.9 Å². The van der Waals surface area contributed by atoms with Gasteiger partial charge in [-0.05, 0) is 38.7 Å². The standard InChI is InChI=1S/C17H15N2.C8H4F3N4.Ir/c1-11-12(2)19-17(13(3)18-11)16-10-6-8-14-7-4-5-9-15(14)16;9-8(10,11)7-13-6(14-15-7)5-3-1-2-4-12-5;/h4-9H,1-3H3;1-4H;/q2*-1;. The van der Waals surface area contributed by atoms with E-state index >= 15 is 0 Å². The molecule has 5 rings (SSSR count). The zero-order valence-corrected chi connectivity index (χ0v) is 21.3. The summed E-state index contributed by atoms with van der Waals surface area (Å²) in [4.78, 5) is 16.3. The van der Waals surface area contributed by atoms with Crippen LogP contribution in [-0.4, -0.2) is 25.0 Å². The van der Waals surface area contributed by atoms with E-state index in [1.165, 1.54) is 23.0 Å². The van der Waals surface area contributed by atoms with Gasteiger partial charge in [0.25, 0.3) is 0 Å². The Morgan fingerprint density at radius 1 is 0.829 bits per heavy atom. The molecule has 0 aliphatic rings. The smallest absolute Gasteiger partial charge is 0.413 e. The number of alkyl halides is 3. The molecule has 3 heterocycles. The minimum atomic E-state index is -4.57. The van der Waals surface area contributed by atoms with Gasteiger partial charge in [0.2, 0.25) is 0 Å². The molecule has 181 valence electrons. The second-order valence-corrected chi connectivity index (χ2v) is 7.44. The predicted octanol–water partition coefficient (Wildman–Crippen LogP) is 5.53. The molecule has 1 radical (unpaired) electrons. The van der Waals surface area contributed by atoms with Crippen LogP contribution in [0.1, 0.15) is 22.9 Å². The molecule has 10 heteroatoms. The van der Waals surface area contributed by atoms with Crippen LogP contribution in [0.2, 0.25) is 0 Å². The Balaban J connectivity index is 0.000000195. The Hall–Kier alpha value is -3.49. The number of aromatic nitrogens is 6. The minimum absolute atomic E-state index is 0. The number of aryl methyl sites for hydroxylation is 3. The maximum absolute atomic E-state index is 12.1. The number of benzene rings is 2. The number of fused-ring (bicyclic) bond motifs is 1. The van der Waals surface area contributed by atoms with Crippen LogP contribution >= 0.6 is 0 Å². The molecular weight excluding hydrogens is 634 g/mol. The van der Waals surface area contributed by atoms with E-state index in [1.807, 2.05) is 39.0 Å². The van der Waals surface area contributed by atoms with E-state index < -0.39 is 12.0 Å². The van der Waals surface area contributed by atoms with Crippen molar-refractivity contribution in [1.82, 2.24) is 30.1 Å². The summed E-state index contributed by atoms with van der Waals surface area (Å²) in [5.41, 5.74) is 5.14. The second-order valence-electron chi connectivity index (χ2n) is 7.44. The number of rotatable bonds is 2. The molecule has 0 unspecified atom stereocenters. The van der Waals surface area contributed by atoms with Gasteiger partial charge in [0, 0.05) is 43.4 Å². The summed E-state index contributed by atoms with van der Waals surface area (Å²) in [5, 5.41) is 8.62. The van der Waals surface area contributed by atoms with Crippen LogP contribution in [-0.2, 0) is 26.3 Å². The molecule has 2 aromatic carbocycles. The van der Waals surface area contributed by atoms with Crippen LogP contribution in [0.15, 0.2) is 60.8 Å². The number of hydrogen-bond acceptors (Lipinski definition) is 5. The first-order chi connectivity index (χ1) is 16.2. The second kappa shape index (κ2) is 10.8. The summed E-state index contributed by atoms with van der Waals surface area (Å²) in [5.74, 6) is -1.37. The van der Waals surface area contributed by atoms with Crippen molar-refractivity contribution >= 4 is 10.8 Å². The molecule has 0 spiro atoms. The van der Waals surface area contributed by atoms with Crippen molar-refractivity contribution in [1.29, 1.82) is 0 Å². The van der Waals surface area contributed by atoms with Crippen LogP contribution in [0, 0.1) is 26.8 Å². The first-order valence-corrected chi connectivity index (χ1v) is 10.3. The van der Waals surface area contributed by atoms with E-state index in [1.54, 1.807) is 12.1 Å². The molecule has 3 aromatic heterocycles. The molecule has 0 bridgehead atoms. The molecule has 6 nitrogen and oxygen atoms in total. The van der Waals surface area contributed by atoms with Gasteiger partial charge in [0.05, 0.1) is 11.4 Å². The fourth-order valence-corrected chi connectivity index (χ4v) is 3.27. The fraction of sp³-hybridized carbons (Fsp3) is 0.160. The van der Waals surface area contributed by atoms with Gasteiger partial charge in [0.1, 0.15) is 5.82 Å². The zero-order chi connectivity index (χ0) is 24.3. The third-order valence-corrected chi connectivity index (χ3v) is 5.04. The van der Waals surface area contributed by atoms with E-state index in [2.05, 4.69) is 49.4 Å². The van der Waals surface area contributed by atoms with E-state index in [0.29, 0.717) is 0 Å². The number of hydrogen-bond donors (Lipinski definition) is 0. The van der Waals surface area contributed by atoms with Crippen LogP contribution in [0.5, 0.6) is 0 Å². The molecule has 5 aromatic rings. The van der Waals surface area contributed by atoms with Crippen molar-refractivity contribution in [2.24, 2.45) is 0 Å². The van der Waals surface area contributed by atoms with Crippen LogP contribution < -0.4 is 5.10 Å². The van der Waals surface area contributed by atoms with Crippen LogP contribution in [0.25, 0.3) is 33.5 Å². The van der Waals surface area contributed by atoms with Gasteiger partial charge in [-0.2, -0.15) is 13.2 Å². The normalized spacial score (nSPS) is 10.9. The largest absolute Gasteiger partial charge is 0.429 e. The molecule has 0 amide bonds. The van der Waals surface area contributed by atoms with E-state index in [4.69, 9.17) is 4.98 Å². The minimum Gasteiger partial charge on any atom is -0.413 e. The Morgan fingerprint density at radius 2 is 1.54 bits per heavy atom. The third-order valence-electron chi connectivity index (χ3n) is 5.04. The average molecular weight is 653 g/mol. The molecule has 0 fully saturated rings. The quantitative estimate of drug-likeness (QED) is 0.234. The van der Waals surface area contributed by atoms with E-state index in [0.717, 1.165) is 28.3 Å². The summed E-state index contributed by atoms with van der Waals surface area (Å²) >= 11 is 0. The first-order valence-electron chi connectivity index (χ1n) is 10.3. The molecule has 0 saturated heterocycles. The predicted molar refractivity (Wildman–Crippen MR) is 122 cm³/mol. The monoisotopic (exact) mass is 653 g/mol. The summed E-state index contributed by atoms with van der Waals surface area (Å²) in [6, 6.07) is 20.4. The third kappa shape index (κ3) is 5.96. The van der Waals surface area contributed by atoms with Crippen LogP contribution in [0.3, 0.4) is 0 Å². The summed E-state index contributed by atoms with van der Waals surface area (Å²) in [7, 11) is 0. The number of halogens is 3. The van der Waals surface area contributed by atoms with Crippen molar-refractivity contribution in [3.63, 3.8) is 0 Å². The van der Waals surface area contributed by atoms with Crippen molar-refractivity contribution in [3.05, 3.63) is 89.8 Å².